The Balaban J connectivity index is 1.80. The van der Waals surface area contributed by atoms with Crippen molar-refractivity contribution in [1.82, 2.24) is 14.9 Å². The van der Waals surface area contributed by atoms with E-state index in [0.29, 0.717) is 12.2 Å². The number of aromatic nitrogens is 2. The summed E-state index contributed by atoms with van der Waals surface area (Å²) in [6, 6.07) is 17.8. The van der Waals surface area contributed by atoms with Crippen LogP contribution in [0.3, 0.4) is 0 Å². The van der Waals surface area contributed by atoms with Gasteiger partial charge in [0.2, 0.25) is 5.95 Å². The van der Waals surface area contributed by atoms with E-state index in [1.54, 1.807) is 30.1 Å². The summed E-state index contributed by atoms with van der Waals surface area (Å²) < 4.78 is 0. The third-order valence-corrected chi connectivity index (χ3v) is 3.72. The molecule has 1 amide bonds. The summed E-state index contributed by atoms with van der Waals surface area (Å²) in [4.78, 5) is 22.5. The minimum absolute atomic E-state index is 0.0487. The molecule has 3 rings (SSSR count). The maximum absolute atomic E-state index is 12.7. The van der Waals surface area contributed by atoms with Crippen molar-refractivity contribution in [3.05, 3.63) is 71.9 Å². The SMILES string of the molecule is CN(Cc1ccccc1)C(=O)c1cc(N)nc(Nc2ccccc2O)n1. The van der Waals surface area contributed by atoms with Crippen molar-refractivity contribution in [2.24, 2.45) is 0 Å². The number of nitrogens with zero attached hydrogens (tertiary/aromatic N) is 3. The maximum Gasteiger partial charge on any atom is 0.272 e. The molecule has 7 nitrogen and oxygen atoms in total. The van der Waals surface area contributed by atoms with Crippen molar-refractivity contribution in [3.8, 4) is 5.75 Å². The van der Waals surface area contributed by atoms with Gasteiger partial charge in [-0.25, -0.2) is 4.98 Å². The van der Waals surface area contributed by atoms with Crippen LogP contribution in [0, 0.1) is 0 Å². The van der Waals surface area contributed by atoms with Gasteiger partial charge >= 0.3 is 0 Å². The molecule has 26 heavy (non-hydrogen) atoms. The summed E-state index contributed by atoms with van der Waals surface area (Å²) in [7, 11) is 1.70. The highest BCUT2D eigenvalue weighted by molar-refractivity contribution is 5.93. The number of nitrogen functional groups attached to an aromatic ring is 1. The average molecular weight is 349 g/mol. The number of para-hydroxylation sites is 2. The van der Waals surface area contributed by atoms with Gasteiger partial charge in [-0.1, -0.05) is 42.5 Å². The monoisotopic (exact) mass is 349 g/mol. The molecule has 0 aliphatic heterocycles. The predicted octanol–water partition coefficient (Wildman–Crippen LogP) is 2.78. The molecule has 4 N–H and O–H groups in total. The standard InChI is InChI=1S/C19H19N5O2/c1-24(12-13-7-3-2-4-8-13)18(26)15-11-17(20)23-19(22-15)21-14-9-5-6-10-16(14)25/h2-11,25H,12H2,1H3,(H3,20,21,22,23). The highest BCUT2D eigenvalue weighted by Gasteiger charge is 2.16. The number of nitrogens with two attached hydrogens (primary N) is 1. The molecule has 0 bridgehead atoms. The van der Waals surface area contributed by atoms with Crippen LogP contribution in [-0.4, -0.2) is 32.9 Å². The molecule has 132 valence electrons. The summed E-state index contributed by atoms with van der Waals surface area (Å²) in [5, 5.41) is 12.7. The van der Waals surface area contributed by atoms with E-state index >= 15 is 0 Å². The maximum atomic E-state index is 12.7. The summed E-state index contributed by atoms with van der Waals surface area (Å²) in [5.41, 5.74) is 7.43. The third-order valence-electron chi connectivity index (χ3n) is 3.72. The molecule has 0 saturated heterocycles. The number of hydrogen-bond acceptors (Lipinski definition) is 6. The van der Waals surface area contributed by atoms with Gasteiger partial charge in [-0.05, 0) is 17.7 Å². The number of carbonyl (C=O) groups excluding carboxylic acids is 1. The summed E-state index contributed by atoms with van der Waals surface area (Å²) in [6.45, 7) is 0.450. The van der Waals surface area contributed by atoms with Crippen LogP contribution in [0.5, 0.6) is 5.75 Å². The number of aromatic hydroxyl groups is 1. The number of hydrogen-bond donors (Lipinski definition) is 3. The zero-order chi connectivity index (χ0) is 18.5. The van der Waals surface area contributed by atoms with Crippen molar-refractivity contribution < 1.29 is 9.90 Å². The largest absolute Gasteiger partial charge is 0.506 e. The van der Waals surface area contributed by atoms with Gasteiger partial charge in [0.15, 0.2) is 0 Å². The fourth-order valence-electron chi connectivity index (χ4n) is 2.46. The number of benzene rings is 2. The van der Waals surface area contributed by atoms with Gasteiger partial charge in [0.05, 0.1) is 5.69 Å². The second kappa shape index (κ2) is 7.52. The van der Waals surface area contributed by atoms with E-state index in [1.807, 2.05) is 30.3 Å². The van der Waals surface area contributed by atoms with Crippen LogP contribution in [0.15, 0.2) is 60.7 Å². The van der Waals surface area contributed by atoms with Crippen LogP contribution in [0.4, 0.5) is 17.5 Å². The summed E-state index contributed by atoms with van der Waals surface area (Å²) in [6.07, 6.45) is 0. The van der Waals surface area contributed by atoms with Crippen LogP contribution in [0.25, 0.3) is 0 Å². The lowest BCUT2D eigenvalue weighted by atomic mass is 10.2. The minimum atomic E-state index is -0.275. The molecule has 1 aromatic heterocycles. The molecule has 0 saturated carbocycles. The van der Waals surface area contributed by atoms with Crippen molar-refractivity contribution >= 4 is 23.4 Å². The number of anilines is 3. The molecule has 0 aliphatic carbocycles. The van der Waals surface area contributed by atoms with E-state index in [-0.39, 0.29) is 29.1 Å². The summed E-state index contributed by atoms with van der Waals surface area (Å²) in [5.74, 6) is 0.0771. The fraction of sp³-hybridized carbons (Fsp3) is 0.105. The molecule has 0 spiro atoms. The number of rotatable bonds is 5. The quantitative estimate of drug-likeness (QED) is 0.612. The lowest BCUT2D eigenvalue weighted by Gasteiger charge is -2.17. The van der Waals surface area contributed by atoms with Crippen molar-refractivity contribution in [3.63, 3.8) is 0 Å². The van der Waals surface area contributed by atoms with Gasteiger partial charge in [-0.15, -0.1) is 0 Å². The van der Waals surface area contributed by atoms with Crippen molar-refractivity contribution in [2.45, 2.75) is 6.54 Å². The number of carbonyl (C=O) groups is 1. The van der Waals surface area contributed by atoms with Crippen molar-refractivity contribution in [2.75, 3.05) is 18.1 Å². The Morgan fingerprint density at radius 3 is 2.54 bits per heavy atom. The van der Waals surface area contributed by atoms with Crippen LogP contribution in [0.1, 0.15) is 16.1 Å². The average Bonchev–Trinajstić information content (AvgIpc) is 2.63. The Hall–Kier alpha value is -3.61. The normalized spacial score (nSPS) is 10.3. The first-order valence-corrected chi connectivity index (χ1v) is 8.02. The predicted molar refractivity (Wildman–Crippen MR) is 100 cm³/mol. The first kappa shape index (κ1) is 17.2. The molecule has 0 aliphatic rings. The molecule has 0 fully saturated rings. The Morgan fingerprint density at radius 1 is 1.12 bits per heavy atom. The van der Waals surface area contributed by atoms with Crippen LogP contribution in [-0.2, 0) is 6.54 Å². The molecule has 3 aromatic rings. The topological polar surface area (TPSA) is 104 Å². The molecule has 2 aromatic carbocycles. The first-order valence-electron chi connectivity index (χ1n) is 8.02. The fourth-order valence-corrected chi connectivity index (χ4v) is 2.46. The Bertz CT molecular complexity index is 915. The lowest BCUT2D eigenvalue weighted by Crippen LogP contribution is -2.27. The second-order valence-electron chi connectivity index (χ2n) is 5.79. The number of nitrogens with one attached hydrogen (secondary N) is 1. The van der Waals surface area contributed by atoms with Crippen LogP contribution >= 0.6 is 0 Å². The van der Waals surface area contributed by atoms with E-state index in [4.69, 9.17) is 5.73 Å². The molecule has 1 heterocycles. The third kappa shape index (κ3) is 4.07. The van der Waals surface area contributed by atoms with E-state index in [2.05, 4.69) is 15.3 Å². The highest BCUT2D eigenvalue weighted by Crippen LogP contribution is 2.24. The van der Waals surface area contributed by atoms with E-state index in [9.17, 15) is 9.90 Å². The van der Waals surface area contributed by atoms with Gasteiger partial charge in [-0.3, -0.25) is 4.79 Å². The first-order chi connectivity index (χ1) is 12.5. The van der Waals surface area contributed by atoms with Gasteiger partial charge in [0.1, 0.15) is 17.3 Å². The lowest BCUT2D eigenvalue weighted by molar-refractivity contribution is 0.0779. The summed E-state index contributed by atoms with van der Waals surface area (Å²) >= 11 is 0. The molecular weight excluding hydrogens is 330 g/mol. The van der Waals surface area contributed by atoms with Crippen LogP contribution < -0.4 is 11.1 Å². The Morgan fingerprint density at radius 2 is 1.81 bits per heavy atom. The number of amides is 1. The van der Waals surface area contributed by atoms with Crippen molar-refractivity contribution in [1.29, 1.82) is 0 Å². The van der Waals surface area contributed by atoms with Gasteiger partial charge in [0, 0.05) is 19.7 Å². The van der Waals surface area contributed by atoms with E-state index in [1.165, 1.54) is 12.1 Å². The van der Waals surface area contributed by atoms with E-state index < -0.39 is 0 Å². The highest BCUT2D eigenvalue weighted by atomic mass is 16.3. The molecule has 0 radical (unpaired) electrons. The van der Waals surface area contributed by atoms with Crippen LogP contribution in [0.2, 0.25) is 0 Å². The zero-order valence-corrected chi connectivity index (χ0v) is 14.3. The zero-order valence-electron chi connectivity index (χ0n) is 14.3. The molecule has 0 atom stereocenters. The smallest absolute Gasteiger partial charge is 0.272 e. The van der Waals surface area contributed by atoms with Gasteiger partial charge in [0.25, 0.3) is 5.91 Å². The van der Waals surface area contributed by atoms with Gasteiger partial charge < -0.3 is 21.1 Å². The second-order valence-corrected chi connectivity index (χ2v) is 5.79. The molecule has 7 heteroatoms. The Kier molecular flexibility index (Phi) is 4.98. The van der Waals surface area contributed by atoms with Gasteiger partial charge in [-0.2, -0.15) is 4.98 Å². The number of phenols is 1. The molecule has 0 unspecified atom stereocenters. The molecular formula is C19H19N5O2. The Labute approximate surface area is 151 Å². The minimum Gasteiger partial charge on any atom is -0.506 e. The number of phenolic OH excluding ortho intramolecular Hbond substituents is 1. The van der Waals surface area contributed by atoms with E-state index in [0.717, 1.165) is 5.56 Å².